The zero-order valence-corrected chi connectivity index (χ0v) is 36.2. The summed E-state index contributed by atoms with van der Waals surface area (Å²) in [5.41, 5.74) is -1.08. The summed E-state index contributed by atoms with van der Waals surface area (Å²) in [5.74, 6) is 5.56. The second-order valence-electron chi connectivity index (χ2n) is 13.8. The normalized spacial score (nSPS) is 12.3. The van der Waals surface area contributed by atoms with E-state index in [0.29, 0.717) is 39.6 Å². The molecule has 0 aliphatic carbocycles. The molecule has 0 saturated carbocycles. The van der Waals surface area contributed by atoms with Gasteiger partial charge in [0.2, 0.25) is 23.6 Å². The van der Waals surface area contributed by atoms with Gasteiger partial charge in [0, 0.05) is 61.6 Å². The molecule has 0 aliphatic heterocycles. The van der Waals surface area contributed by atoms with Gasteiger partial charge in [-0.3, -0.25) is 19.2 Å². The van der Waals surface area contributed by atoms with E-state index in [2.05, 4.69) is 45.6 Å². The van der Waals surface area contributed by atoms with Gasteiger partial charge in [0.1, 0.15) is 19.8 Å². The van der Waals surface area contributed by atoms with E-state index >= 15 is 0 Å². The molecule has 328 valence electrons. The average molecular weight is 857 g/mol. The molecule has 0 saturated heterocycles. The van der Waals surface area contributed by atoms with Crippen LogP contribution in [0.25, 0.3) is 0 Å². The first-order valence-electron chi connectivity index (χ1n) is 19.2. The van der Waals surface area contributed by atoms with Crippen molar-refractivity contribution in [3.05, 3.63) is 12.2 Å². The van der Waals surface area contributed by atoms with E-state index in [-0.39, 0.29) is 134 Å². The summed E-state index contributed by atoms with van der Waals surface area (Å²) in [6, 6.07) is 0. The van der Waals surface area contributed by atoms with Gasteiger partial charge in [-0.15, -0.1) is 19.3 Å². The zero-order chi connectivity index (χ0) is 43.5. The van der Waals surface area contributed by atoms with Crippen LogP contribution in [-0.2, 0) is 63.9 Å². The molecule has 0 radical (unpaired) electrons. The fourth-order valence-corrected chi connectivity index (χ4v) is 5.61. The molecule has 18 heteroatoms. The van der Waals surface area contributed by atoms with Crippen molar-refractivity contribution < 1.29 is 57.0 Å². The Balaban J connectivity index is 5.84. The molecule has 58 heavy (non-hydrogen) atoms. The minimum absolute atomic E-state index is 0.0470. The maximum atomic E-state index is 13.7. The molecule has 4 amide bonds. The van der Waals surface area contributed by atoms with Crippen molar-refractivity contribution in [3.63, 3.8) is 0 Å². The first kappa shape index (κ1) is 54.6. The largest absolute Gasteiger partial charge is 0.377 e. The minimum Gasteiger partial charge on any atom is -0.377 e. The van der Waals surface area contributed by atoms with E-state index in [1.807, 2.05) is 0 Å². The summed E-state index contributed by atoms with van der Waals surface area (Å²) < 4.78 is 37.5. The van der Waals surface area contributed by atoms with Crippen LogP contribution in [0.4, 0.5) is 0 Å². The molecule has 0 aromatic carbocycles. The number of ether oxygens (including phenoxy) is 6. The molecule has 1 atom stereocenters. The third-order valence-electron chi connectivity index (χ3n) is 8.09. The Kier molecular flexibility index (Phi) is 31.5. The monoisotopic (exact) mass is 856 g/mol. The van der Waals surface area contributed by atoms with Crippen LogP contribution in [0.1, 0.15) is 65.7 Å². The first-order chi connectivity index (χ1) is 27.6. The van der Waals surface area contributed by atoms with E-state index in [9.17, 15) is 24.1 Å². The predicted octanol–water partition coefficient (Wildman–Crippen LogP) is 1.59. The van der Waals surface area contributed by atoms with Crippen molar-refractivity contribution in [2.24, 2.45) is 0 Å². The molecular weight excluding hydrogens is 791 g/mol. The summed E-state index contributed by atoms with van der Waals surface area (Å²) in [7, 11) is 0. The lowest BCUT2D eigenvalue weighted by Crippen LogP contribution is -2.51. The van der Waals surface area contributed by atoms with Gasteiger partial charge in [-0.1, -0.05) is 45.1 Å². The summed E-state index contributed by atoms with van der Waals surface area (Å²) in [4.78, 5) is 63.5. The topological polar surface area (TPSA) is 201 Å². The molecule has 5 N–H and O–H groups in total. The summed E-state index contributed by atoms with van der Waals surface area (Å²) in [5, 5.41) is 10.7. The molecule has 0 bridgehead atoms. The SMILES string of the molecule is C#CCOCCOCCNC(=O)CCC(CCC(=O)NCCOCCOCC#C)(CCC(=O)NCCOCCOCC#C)NC(=O)C(=C)CCOP(O)(=S)C(C)(C)C. The summed E-state index contributed by atoms with van der Waals surface area (Å²) in [6.45, 7) is 9.74. The fourth-order valence-electron chi connectivity index (χ4n) is 4.66. The number of nitrogens with one attached hydrogen (secondary N) is 4. The van der Waals surface area contributed by atoms with Gasteiger partial charge >= 0.3 is 0 Å². The first-order valence-corrected chi connectivity index (χ1v) is 21.8. The molecule has 0 fully saturated rings. The fraction of sp³-hybridized carbons (Fsp3) is 0.700. The second kappa shape index (κ2) is 33.5. The van der Waals surface area contributed by atoms with Crippen LogP contribution in [0, 0.1) is 37.0 Å². The van der Waals surface area contributed by atoms with Crippen LogP contribution in [0.5, 0.6) is 0 Å². The van der Waals surface area contributed by atoms with Crippen LogP contribution in [0.3, 0.4) is 0 Å². The molecule has 0 aromatic rings. The Morgan fingerprint density at radius 2 is 0.948 bits per heavy atom. The van der Waals surface area contributed by atoms with E-state index in [0.717, 1.165) is 0 Å². The lowest BCUT2D eigenvalue weighted by Gasteiger charge is -2.35. The third kappa shape index (κ3) is 28.9. The van der Waals surface area contributed by atoms with Crippen molar-refractivity contribution in [2.75, 3.05) is 106 Å². The van der Waals surface area contributed by atoms with Gasteiger partial charge < -0.3 is 59.1 Å². The van der Waals surface area contributed by atoms with Gasteiger partial charge in [0.15, 0.2) is 6.49 Å². The molecule has 0 spiro atoms. The molecule has 0 rings (SSSR count). The lowest BCUT2D eigenvalue weighted by molar-refractivity contribution is -0.125. The van der Waals surface area contributed by atoms with Crippen LogP contribution in [0.15, 0.2) is 12.2 Å². The van der Waals surface area contributed by atoms with Crippen LogP contribution >= 0.6 is 6.49 Å². The number of hydrogen-bond acceptors (Lipinski definition) is 12. The number of terminal acetylenes is 3. The van der Waals surface area contributed by atoms with Crippen molar-refractivity contribution in [2.45, 2.75) is 76.4 Å². The Morgan fingerprint density at radius 3 is 1.28 bits per heavy atom. The highest BCUT2D eigenvalue weighted by molar-refractivity contribution is 8.10. The number of rotatable bonds is 36. The number of amides is 4. The zero-order valence-electron chi connectivity index (χ0n) is 34.5. The van der Waals surface area contributed by atoms with Crippen LogP contribution in [0.2, 0.25) is 0 Å². The van der Waals surface area contributed by atoms with E-state index in [4.69, 9.17) is 64.0 Å². The van der Waals surface area contributed by atoms with Gasteiger partial charge in [-0.2, -0.15) is 0 Å². The maximum Gasteiger partial charge on any atom is 0.247 e. The van der Waals surface area contributed by atoms with Crippen molar-refractivity contribution in [3.8, 4) is 37.0 Å². The van der Waals surface area contributed by atoms with E-state index < -0.39 is 23.1 Å². The second-order valence-corrected chi connectivity index (χ2v) is 17.9. The number of carbonyl (C=O) groups is 4. The van der Waals surface area contributed by atoms with Crippen molar-refractivity contribution in [1.29, 1.82) is 0 Å². The van der Waals surface area contributed by atoms with Crippen LogP contribution in [-0.4, -0.2) is 145 Å². The Hall–Kier alpha value is -3.37. The molecule has 0 aliphatic rings. The summed E-state index contributed by atoms with van der Waals surface area (Å²) in [6.07, 6.45) is 15.6. The van der Waals surface area contributed by atoms with Crippen molar-refractivity contribution in [1.82, 2.24) is 21.3 Å². The average Bonchev–Trinajstić information content (AvgIpc) is 3.17. The highest BCUT2D eigenvalue weighted by Gasteiger charge is 2.35. The standard InChI is InChI=1S/C40H65N4O12PS/c1-8-21-50-28-31-53-25-18-41-35(45)11-15-40(16-12-36(46)42-19-26-54-32-29-51-22-9-2,17-13-37(47)43-20-27-55-33-30-52-23-10-3)44-38(48)34(4)14-24-56-57(49,58)39(5,6)7/h1-3H,4,11-33H2,5-7H3,(H,41,45)(H,42,46)(H,43,47)(H,44,48)(H,49,58). The smallest absolute Gasteiger partial charge is 0.247 e. The van der Waals surface area contributed by atoms with Gasteiger partial charge in [-0.25, -0.2) is 0 Å². The maximum absolute atomic E-state index is 13.7. The molecular formula is C40H65N4O12PS. The minimum atomic E-state index is -3.17. The quantitative estimate of drug-likeness (QED) is 0.0264. The highest BCUT2D eigenvalue weighted by Crippen LogP contribution is 2.55. The molecule has 0 aromatic heterocycles. The third-order valence-corrected chi connectivity index (χ3v) is 12.3. The molecule has 16 nitrogen and oxygen atoms in total. The van der Waals surface area contributed by atoms with Crippen LogP contribution < -0.4 is 21.3 Å². The van der Waals surface area contributed by atoms with Gasteiger partial charge in [0.05, 0.1) is 66.1 Å². The molecule has 0 heterocycles. The van der Waals surface area contributed by atoms with Gasteiger partial charge in [-0.05, 0) is 31.1 Å². The highest BCUT2D eigenvalue weighted by atomic mass is 32.5. The van der Waals surface area contributed by atoms with Crippen molar-refractivity contribution >= 4 is 41.9 Å². The van der Waals surface area contributed by atoms with E-state index in [1.54, 1.807) is 20.8 Å². The lowest BCUT2D eigenvalue weighted by atomic mass is 9.82. The summed E-state index contributed by atoms with van der Waals surface area (Å²) >= 11 is 5.30. The number of hydrogen-bond donors (Lipinski definition) is 5. The molecule has 1 unspecified atom stereocenters. The number of carbonyl (C=O) groups excluding carboxylic acids is 4. The van der Waals surface area contributed by atoms with Gasteiger partial charge in [0.25, 0.3) is 0 Å². The Labute approximate surface area is 350 Å². The Bertz CT molecular complexity index is 1290. The predicted molar refractivity (Wildman–Crippen MR) is 225 cm³/mol. The Morgan fingerprint density at radius 1 is 0.603 bits per heavy atom. The van der Waals surface area contributed by atoms with E-state index in [1.165, 1.54) is 0 Å².